The molecule has 1 atom stereocenters. The number of nitrogens with zero attached hydrogens (tertiary/aromatic N) is 2. The minimum absolute atomic E-state index is 0.337. The van der Waals surface area contributed by atoms with Gasteiger partial charge in [-0.05, 0) is 68.1 Å². The van der Waals surface area contributed by atoms with Crippen molar-refractivity contribution in [2.45, 2.75) is 37.1 Å². The van der Waals surface area contributed by atoms with E-state index in [9.17, 15) is 17.2 Å². The Hall–Kier alpha value is -1.74. The molecule has 4 rings (SSSR count). The van der Waals surface area contributed by atoms with Crippen molar-refractivity contribution in [1.82, 2.24) is 9.62 Å². The number of sulfonamides is 1. The normalized spacial score (nSPS) is 20.0. The molecule has 2 aliphatic rings. The van der Waals surface area contributed by atoms with Crippen molar-refractivity contribution >= 4 is 27.3 Å². The Morgan fingerprint density at radius 1 is 1.06 bits per heavy atom. The predicted octanol–water partition coefficient (Wildman–Crippen LogP) is 3.51. The van der Waals surface area contributed by atoms with Crippen molar-refractivity contribution < 1.29 is 17.2 Å². The zero-order chi connectivity index (χ0) is 22.3. The molecule has 9 heteroatoms. The maximum Gasteiger partial charge on any atom is 0.242 e. The lowest BCUT2D eigenvalue weighted by molar-refractivity contribution is 0.312. The summed E-state index contributed by atoms with van der Waals surface area (Å²) in [5.74, 6) is -2.42. The molecule has 1 fully saturated rings. The van der Waals surface area contributed by atoms with Crippen LogP contribution in [0, 0.1) is 18.6 Å². The summed E-state index contributed by atoms with van der Waals surface area (Å²) in [7, 11) is -1.99. The third-order valence-electron chi connectivity index (χ3n) is 6.26. The largest absolute Gasteiger partial charge is 0.369 e. The van der Waals surface area contributed by atoms with E-state index in [-0.39, 0.29) is 11.1 Å². The molecule has 31 heavy (non-hydrogen) atoms. The van der Waals surface area contributed by atoms with Gasteiger partial charge in [0.2, 0.25) is 10.0 Å². The maximum atomic E-state index is 13.7. The van der Waals surface area contributed by atoms with Crippen molar-refractivity contribution in [2.24, 2.45) is 0 Å². The fourth-order valence-corrected chi connectivity index (χ4v) is 6.27. The molecule has 1 aliphatic heterocycles. The fraction of sp³-hybridized carbons (Fsp3) is 0.455. The Morgan fingerprint density at radius 3 is 2.45 bits per heavy atom. The second-order valence-electron chi connectivity index (χ2n) is 8.41. The van der Waals surface area contributed by atoms with Crippen molar-refractivity contribution in [1.29, 1.82) is 0 Å². The lowest BCUT2D eigenvalue weighted by atomic mass is 9.84. The molecule has 168 valence electrons. The Labute approximate surface area is 187 Å². The van der Waals surface area contributed by atoms with Crippen molar-refractivity contribution in [2.75, 3.05) is 38.1 Å². The van der Waals surface area contributed by atoms with Gasteiger partial charge < -0.3 is 9.80 Å². The molecule has 2 aromatic carbocycles. The SMILES string of the molecule is Cc1ccc(N2CCN(C)CC2)c2c1CC[C@@H](NS(=O)(=O)c1cc(F)c(F)cc1Cl)C2. The minimum Gasteiger partial charge on any atom is -0.369 e. The molecule has 1 saturated heterocycles. The third kappa shape index (κ3) is 4.58. The van der Waals surface area contributed by atoms with Crippen LogP contribution in [0.5, 0.6) is 0 Å². The highest BCUT2D eigenvalue weighted by Crippen LogP contribution is 2.34. The first-order valence-electron chi connectivity index (χ1n) is 10.4. The van der Waals surface area contributed by atoms with Gasteiger partial charge in [0.05, 0.1) is 5.02 Å². The number of halogens is 3. The maximum absolute atomic E-state index is 13.7. The first-order valence-corrected chi connectivity index (χ1v) is 12.2. The summed E-state index contributed by atoms with van der Waals surface area (Å²) in [6.45, 7) is 5.89. The van der Waals surface area contributed by atoms with Crippen molar-refractivity contribution in [3.8, 4) is 0 Å². The van der Waals surface area contributed by atoms with Crippen molar-refractivity contribution in [3.63, 3.8) is 0 Å². The molecule has 1 aliphatic carbocycles. The van der Waals surface area contributed by atoms with Crippen LogP contribution in [-0.2, 0) is 22.9 Å². The van der Waals surface area contributed by atoms with E-state index < -0.39 is 26.6 Å². The summed E-state index contributed by atoms with van der Waals surface area (Å²) in [4.78, 5) is 4.21. The lowest BCUT2D eigenvalue weighted by Gasteiger charge is -2.37. The molecule has 1 N–H and O–H groups in total. The number of rotatable bonds is 4. The van der Waals surface area contributed by atoms with E-state index in [0.717, 1.165) is 38.3 Å². The highest BCUT2D eigenvalue weighted by atomic mass is 35.5. The summed E-state index contributed by atoms with van der Waals surface area (Å²) in [5, 5.41) is -0.337. The first kappa shape index (κ1) is 22.5. The summed E-state index contributed by atoms with van der Waals surface area (Å²) < 4.78 is 55.5. The van der Waals surface area contributed by atoms with Gasteiger partial charge in [0.1, 0.15) is 4.90 Å². The van der Waals surface area contributed by atoms with E-state index in [4.69, 9.17) is 11.6 Å². The molecule has 2 aromatic rings. The molecule has 5 nitrogen and oxygen atoms in total. The molecule has 1 heterocycles. The molecule has 0 spiro atoms. The average Bonchev–Trinajstić information content (AvgIpc) is 2.71. The van der Waals surface area contributed by atoms with Gasteiger partial charge in [0.15, 0.2) is 11.6 Å². The Balaban J connectivity index is 1.60. The Bertz CT molecular complexity index is 1100. The van der Waals surface area contributed by atoms with E-state index in [0.29, 0.717) is 25.0 Å². The monoisotopic (exact) mass is 469 g/mol. The van der Waals surface area contributed by atoms with Gasteiger partial charge in [0.25, 0.3) is 0 Å². The highest BCUT2D eigenvalue weighted by Gasteiger charge is 2.30. The van der Waals surface area contributed by atoms with E-state index in [1.807, 2.05) is 0 Å². The molecule has 0 unspecified atom stereocenters. The molecule has 0 radical (unpaired) electrons. The average molecular weight is 470 g/mol. The lowest BCUT2D eigenvalue weighted by Crippen LogP contribution is -2.45. The molecule has 0 saturated carbocycles. The van der Waals surface area contributed by atoms with E-state index >= 15 is 0 Å². The van der Waals surface area contributed by atoms with Gasteiger partial charge in [-0.3, -0.25) is 0 Å². The van der Waals surface area contributed by atoms with Crippen LogP contribution in [0.4, 0.5) is 14.5 Å². The van der Waals surface area contributed by atoms with Crippen LogP contribution in [-0.4, -0.2) is 52.6 Å². The number of hydrogen-bond acceptors (Lipinski definition) is 4. The zero-order valence-electron chi connectivity index (χ0n) is 17.6. The minimum atomic E-state index is -4.10. The van der Waals surface area contributed by atoms with Gasteiger partial charge >= 0.3 is 0 Å². The summed E-state index contributed by atoms with van der Waals surface area (Å²) in [5.41, 5.74) is 4.80. The third-order valence-corrected chi connectivity index (χ3v) is 8.25. The number of fused-ring (bicyclic) bond motifs is 1. The van der Waals surface area contributed by atoms with Crippen LogP contribution in [0.3, 0.4) is 0 Å². The summed E-state index contributed by atoms with van der Waals surface area (Å²) in [6, 6.07) is 5.24. The molecule has 0 aromatic heterocycles. The van der Waals surface area contributed by atoms with Crippen molar-refractivity contribution in [3.05, 3.63) is 57.6 Å². The van der Waals surface area contributed by atoms with E-state index in [1.165, 1.54) is 16.7 Å². The predicted molar refractivity (Wildman–Crippen MR) is 118 cm³/mol. The van der Waals surface area contributed by atoms with Crippen LogP contribution in [0.25, 0.3) is 0 Å². The zero-order valence-corrected chi connectivity index (χ0v) is 19.2. The van der Waals surface area contributed by atoms with Gasteiger partial charge in [-0.15, -0.1) is 0 Å². The van der Waals surface area contributed by atoms with Crippen LogP contribution >= 0.6 is 11.6 Å². The molecule has 0 amide bonds. The van der Waals surface area contributed by atoms with Gasteiger partial charge in [-0.2, -0.15) is 0 Å². The van der Waals surface area contributed by atoms with Crippen LogP contribution in [0.15, 0.2) is 29.2 Å². The van der Waals surface area contributed by atoms with E-state index in [1.54, 1.807) is 0 Å². The summed E-state index contributed by atoms with van der Waals surface area (Å²) in [6.07, 6.45) is 1.92. The second kappa shape index (κ2) is 8.65. The Morgan fingerprint density at radius 2 is 1.74 bits per heavy atom. The number of likely N-dealkylation sites (N-methyl/N-ethyl adjacent to an activating group) is 1. The molecular formula is C22H26ClF2N3O2S. The highest BCUT2D eigenvalue weighted by molar-refractivity contribution is 7.89. The topological polar surface area (TPSA) is 52.6 Å². The standard InChI is InChI=1S/C22H26ClF2N3O2S/c1-14-3-6-21(28-9-7-27(2)8-10-28)17-11-15(4-5-16(14)17)26-31(29,30)22-13-20(25)19(24)12-18(22)23/h3,6,12-13,15,26H,4-5,7-11H2,1-2H3/t15-/m1/s1. The number of aryl methyl sites for hydroxylation is 1. The van der Waals surface area contributed by atoms with Crippen LogP contribution in [0.2, 0.25) is 5.02 Å². The first-order chi connectivity index (χ1) is 14.7. The van der Waals surface area contributed by atoms with Gasteiger partial charge in [-0.1, -0.05) is 17.7 Å². The quantitative estimate of drug-likeness (QED) is 0.696. The smallest absolute Gasteiger partial charge is 0.242 e. The number of nitrogens with one attached hydrogen (secondary N) is 1. The molecule has 0 bridgehead atoms. The number of benzene rings is 2. The van der Waals surface area contributed by atoms with Gasteiger partial charge in [0, 0.05) is 37.9 Å². The Kier molecular flexibility index (Phi) is 6.27. The van der Waals surface area contributed by atoms with E-state index in [2.05, 4.69) is 40.6 Å². The summed E-state index contributed by atoms with van der Waals surface area (Å²) >= 11 is 5.91. The van der Waals surface area contributed by atoms with Gasteiger partial charge in [-0.25, -0.2) is 21.9 Å². The number of piperazine rings is 1. The number of hydrogen-bond donors (Lipinski definition) is 1. The second-order valence-corrected chi connectivity index (χ2v) is 10.5. The van der Waals surface area contributed by atoms with Crippen LogP contribution < -0.4 is 9.62 Å². The number of anilines is 1. The van der Waals surface area contributed by atoms with Crippen LogP contribution in [0.1, 0.15) is 23.1 Å². The molecular weight excluding hydrogens is 444 g/mol. The fourth-order valence-electron chi connectivity index (χ4n) is 4.48.